The van der Waals surface area contributed by atoms with Crippen molar-refractivity contribution in [2.45, 2.75) is 30.9 Å². The molecule has 1 atom stereocenters. The normalized spacial score (nSPS) is 16.3. The summed E-state index contributed by atoms with van der Waals surface area (Å²) >= 11 is 1.57. The molecule has 1 heterocycles. The van der Waals surface area contributed by atoms with Crippen LogP contribution < -0.4 is 5.32 Å². The summed E-state index contributed by atoms with van der Waals surface area (Å²) in [5.41, 5.74) is 0.708. The smallest absolute Gasteiger partial charge is 0.253 e. The van der Waals surface area contributed by atoms with Gasteiger partial charge < -0.3 is 10.1 Å². The number of thioether (sulfide) groups is 1. The summed E-state index contributed by atoms with van der Waals surface area (Å²) in [6, 6.07) is 3.74. The molecule has 1 saturated carbocycles. The Morgan fingerprint density at radius 3 is 2.94 bits per heavy atom. The molecule has 4 nitrogen and oxygen atoms in total. The summed E-state index contributed by atoms with van der Waals surface area (Å²) in [6.45, 7) is 2.47. The van der Waals surface area contributed by atoms with E-state index in [1.807, 2.05) is 18.4 Å². The molecule has 1 N–H and O–H groups in total. The molecule has 0 spiro atoms. The van der Waals surface area contributed by atoms with Crippen LogP contribution in [0.15, 0.2) is 23.4 Å². The molecule has 1 aliphatic rings. The second-order valence-corrected chi connectivity index (χ2v) is 5.32. The maximum absolute atomic E-state index is 11.8. The van der Waals surface area contributed by atoms with Crippen LogP contribution in [0.4, 0.5) is 5.69 Å². The highest BCUT2D eigenvalue weighted by Gasteiger charge is 2.24. The predicted molar refractivity (Wildman–Crippen MR) is 72.8 cm³/mol. The van der Waals surface area contributed by atoms with E-state index in [0.29, 0.717) is 18.2 Å². The Kier molecular flexibility index (Phi) is 4.60. The van der Waals surface area contributed by atoms with Gasteiger partial charge in [0.15, 0.2) is 0 Å². The van der Waals surface area contributed by atoms with Gasteiger partial charge >= 0.3 is 0 Å². The summed E-state index contributed by atoms with van der Waals surface area (Å²) in [5, 5.41) is 3.74. The summed E-state index contributed by atoms with van der Waals surface area (Å²) in [6.07, 6.45) is 5.68. The van der Waals surface area contributed by atoms with Crippen LogP contribution in [0.1, 0.15) is 19.8 Å². The Morgan fingerprint density at radius 1 is 1.61 bits per heavy atom. The summed E-state index contributed by atoms with van der Waals surface area (Å²) < 4.78 is 5.51. The standard InChI is InChI=1S/C13H18N2O2S/c1-9(17-8-10-3-4-10)13(16)15-11-5-6-12(18-2)14-7-11/h5-7,9-10H,3-4,8H2,1-2H3,(H,15,16)/t9-/m1/s1. The van der Waals surface area contributed by atoms with Crippen molar-refractivity contribution in [3.05, 3.63) is 18.3 Å². The fourth-order valence-electron chi connectivity index (χ4n) is 1.46. The maximum atomic E-state index is 11.8. The zero-order chi connectivity index (χ0) is 13.0. The first-order valence-electron chi connectivity index (χ1n) is 6.11. The van der Waals surface area contributed by atoms with Gasteiger partial charge in [-0.15, -0.1) is 11.8 Å². The topological polar surface area (TPSA) is 51.2 Å². The fraction of sp³-hybridized carbons (Fsp3) is 0.538. The van der Waals surface area contributed by atoms with Gasteiger partial charge in [-0.25, -0.2) is 4.98 Å². The molecular weight excluding hydrogens is 248 g/mol. The summed E-state index contributed by atoms with van der Waals surface area (Å²) in [5.74, 6) is 0.553. The third-order valence-electron chi connectivity index (χ3n) is 2.86. The van der Waals surface area contributed by atoms with Crippen molar-refractivity contribution in [3.63, 3.8) is 0 Å². The molecule has 0 saturated heterocycles. The number of nitrogens with zero attached hydrogens (tertiary/aromatic N) is 1. The van der Waals surface area contributed by atoms with Crippen LogP contribution in [0.5, 0.6) is 0 Å². The van der Waals surface area contributed by atoms with E-state index in [2.05, 4.69) is 10.3 Å². The minimum atomic E-state index is -0.411. The molecule has 0 aliphatic heterocycles. The average Bonchev–Trinajstić information content (AvgIpc) is 3.21. The van der Waals surface area contributed by atoms with Crippen LogP contribution in [0.3, 0.4) is 0 Å². The van der Waals surface area contributed by atoms with E-state index in [-0.39, 0.29) is 5.91 Å². The molecule has 5 heteroatoms. The molecule has 0 unspecified atom stereocenters. The van der Waals surface area contributed by atoms with Crippen LogP contribution in [-0.2, 0) is 9.53 Å². The van der Waals surface area contributed by atoms with Gasteiger partial charge in [0.25, 0.3) is 5.91 Å². The van der Waals surface area contributed by atoms with Crippen molar-refractivity contribution in [3.8, 4) is 0 Å². The molecule has 1 aliphatic carbocycles. The van der Waals surface area contributed by atoms with Crippen molar-refractivity contribution in [2.24, 2.45) is 5.92 Å². The molecule has 1 fully saturated rings. The largest absolute Gasteiger partial charge is 0.368 e. The van der Waals surface area contributed by atoms with Gasteiger partial charge in [0.2, 0.25) is 0 Å². The highest BCUT2D eigenvalue weighted by atomic mass is 32.2. The van der Waals surface area contributed by atoms with E-state index in [9.17, 15) is 4.79 Å². The summed E-state index contributed by atoms with van der Waals surface area (Å²) in [4.78, 5) is 16.0. The molecule has 1 amide bonds. The molecule has 1 aromatic rings. The lowest BCUT2D eigenvalue weighted by Crippen LogP contribution is -2.28. The molecule has 2 rings (SSSR count). The quantitative estimate of drug-likeness (QED) is 0.804. The van der Waals surface area contributed by atoms with Crippen LogP contribution in [0, 0.1) is 5.92 Å². The third-order valence-corrected chi connectivity index (χ3v) is 3.52. The molecule has 1 aromatic heterocycles. The van der Waals surface area contributed by atoms with Gasteiger partial charge in [-0.1, -0.05) is 0 Å². The highest BCUT2D eigenvalue weighted by molar-refractivity contribution is 7.98. The van der Waals surface area contributed by atoms with E-state index in [0.717, 1.165) is 5.03 Å². The van der Waals surface area contributed by atoms with Crippen molar-refractivity contribution in [1.82, 2.24) is 4.98 Å². The van der Waals surface area contributed by atoms with Crippen LogP contribution in [0.2, 0.25) is 0 Å². The van der Waals surface area contributed by atoms with Gasteiger partial charge in [0, 0.05) is 0 Å². The van der Waals surface area contributed by atoms with Crippen LogP contribution >= 0.6 is 11.8 Å². The number of carbonyl (C=O) groups excluding carboxylic acids is 1. The van der Waals surface area contributed by atoms with Crippen LogP contribution in [0.25, 0.3) is 0 Å². The summed E-state index contributed by atoms with van der Waals surface area (Å²) in [7, 11) is 0. The predicted octanol–water partition coefficient (Wildman–Crippen LogP) is 2.56. The number of anilines is 1. The van der Waals surface area contributed by atoms with E-state index < -0.39 is 6.10 Å². The van der Waals surface area contributed by atoms with Gasteiger partial charge in [-0.05, 0) is 44.1 Å². The van der Waals surface area contributed by atoms with E-state index in [1.54, 1.807) is 24.9 Å². The fourth-order valence-corrected chi connectivity index (χ4v) is 1.82. The monoisotopic (exact) mass is 266 g/mol. The van der Waals surface area contributed by atoms with Gasteiger partial charge in [0.1, 0.15) is 6.10 Å². The number of nitrogens with one attached hydrogen (secondary N) is 1. The maximum Gasteiger partial charge on any atom is 0.253 e. The molecule has 0 bridgehead atoms. The van der Waals surface area contributed by atoms with E-state index >= 15 is 0 Å². The Balaban J connectivity index is 1.80. The number of pyridine rings is 1. The Bertz CT molecular complexity index is 404. The lowest BCUT2D eigenvalue weighted by atomic mass is 10.3. The minimum absolute atomic E-state index is 0.116. The number of ether oxygens (including phenoxy) is 1. The number of hydrogen-bond acceptors (Lipinski definition) is 4. The molecular formula is C13H18N2O2S. The molecule has 18 heavy (non-hydrogen) atoms. The van der Waals surface area contributed by atoms with Crippen molar-refractivity contribution < 1.29 is 9.53 Å². The lowest BCUT2D eigenvalue weighted by Gasteiger charge is -2.13. The number of aromatic nitrogens is 1. The first-order chi connectivity index (χ1) is 8.69. The van der Waals surface area contributed by atoms with Crippen molar-refractivity contribution >= 4 is 23.4 Å². The Labute approximate surface area is 112 Å². The third kappa shape index (κ3) is 3.99. The Morgan fingerprint density at radius 2 is 2.39 bits per heavy atom. The highest BCUT2D eigenvalue weighted by Crippen LogP contribution is 2.29. The first-order valence-corrected chi connectivity index (χ1v) is 7.34. The van der Waals surface area contributed by atoms with Gasteiger partial charge in [0.05, 0.1) is 23.5 Å². The number of amides is 1. The Hall–Kier alpha value is -1.07. The molecule has 0 radical (unpaired) electrons. The van der Waals surface area contributed by atoms with E-state index in [1.165, 1.54) is 12.8 Å². The van der Waals surface area contributed by atoms with Gasteiger partial charge in [-0.2, -0.15) is 0 Å². The number of hydrogen-bond donors (Lipinski definition) is 1. The number of rotatable bonds is 6. The lowest BCUT2D eigenvalue weighted by molar-refractivity contribution is -0.126. The second-order valence-electron chi connectivity index (χ2n) is 4.50. The number of carbonyl (C=O) groups is 1. The SMILES string of the molecule is CSc1ccc(NC(=O)[C@@H](C)OCC2CC2)cn1. The average molecular weight is 266 g/mol. The van der Waals surface area contributed by atoms with Crippen molar-refractivity contribution in [2.75, 3.05) is 18.2 Å². The minimum Gasteiger partial charge on any atom is -0.368 e. The van der Waals surface area contributed by atoms with Gasteiger partial charge in [-0.3, -0.25) is 4.79 Å². The van der Waals surface area contributed by atoms with Crippen LogP contribution in [-0.4, -0.2) is 29.9 Å². The molecule has 98 valence electrons. The van der Waals surface area contributed by atoms with E-state index in [4.69, 9.17) is 4.74 Å². The zero-order valence-electron chi connectivity index (χ0n) is 10.7. The molecule has 0 aromatic carbocycles. The first kappa shape index (κ1) is 13.4. The second kappa shape index (κ2) is 6.20. The zero-order valence-corrected chi connectivity index (χ0v) is 11.5. The van der Waals surface area contributed by atoms with Crippen molar-refractivity contribution in [1.29, 1.82) is 0 Å².